The van der Waals surface area contributed by atoms with Gasteiger partial charge in [-0.2, -0.15) is 0 Å². The van der Waals surface area contributed by atoms with E-state index in [1.807, 2.05) is 0 Å². The third-order valence-electron chi connectivity index (χ3n) is 5.03. The number of benzene rings is 1. The van der Waals surface area contributed by atoms with E-state index in [4.69, 9.17) is 9.47 Å². The number of ether oxygens (including phenoxy) is 2. The Hall–Kier alpha value is -2.26. The minimum absolute atomic E-state index is 0.100. The van der Waals surface area contributed by atoms with Crippen LogP contribution in [0.3, 0.4) is 0 Å². The van der Waals surface area contributed by atoms with Gasteiger partial charge in [0.15, 0.2) is 5.82 Å². The Bertz CT molecular complexity index is 906. The zero-order chi connectivity index (χ0) is 20.1. The van der Waals surface area contributed by atoms with Crippen molar-refractivity contribution >= 4 is 10.0 Å². The van der Waals surface area contributed by atoms with E-state index >= 15 is 0 Å². The second kappa shape index (κ2) is 8.83. The molecule has 3 rings (SSSR count). The van der Waals surface area contributed by atoms with Crippen molar-refractivity contribution in [1.82, 2.24) is 14.7 Å². The first-order chi connectivity index (χ1) is 13.4. The van der Waals surface area contributed by atoms with Crippen LogP contribution in [-0.4, -0.2) is 37.9 Å². The molecule has 1 aromatic carbocycles. The van der Waals surface area contributed by atoms with Crippen molar-refractivity contribution in [2.24, 2.45) is 0 Å². The zero-order valence-corrected chi connectivity index (χ0v) is 16.7. The van der Waals surface area contributed by atoms with Crippen molar-refractivity contribution in [1.29, 1.82) is 0 Å². The van der Waals surface area contributed by atoms with Crippen molar-refractivity contribution < 1.29 is 22.3 Å². The summed E-state index contributed by atoms with van der Waals surface area (Å²) in [6, 6.07) is 5.23. The maximum atomic E-state index is 13.1. The summed E-state index contributed by atoms with van der Waals surface area (Å²) in [4.78, 5) is 8.04. The topological polar surface area (TPSA) is 90.4 Å². The van der Waals surface area contributed by atoms with Gasteiger partial charge in [0.05, 0.1) is 31.9 Å². The molecule has 7 nitrogen and oxygen atoms in total. The standard InChI is InChI=1S/C19H24FN3O4S/c1-26-15-8-7-13(17(9-15)27-2)10-23-28(24,25)18-6-4-3-5-16(18)19-21-11-14(20)12-22-19/h7-9,11-12,16,18,23H,3-6,10H2,1-2H3. The molecule has 2 atom stereocenters. The maximum Gasteiger partial charge on any atom is 0.215 e. The fourth-order valence-corrected chi connectivity index (χ4v) is 5.30. The first-order valence-electron chi connectivity index (χ1n) is 9.11. The van der Waals surface area contributed by atoms with Gasteiger partial charge in [0.1, 0.15) is 17.3 Å². The number of nitrogens with zero attached hydrogens (tertiary/aromatic N) is 2. The van der Waals surface area contributed by atoms with E-state index < -0.39 is 21.1 Å². The summed E-state index contributed by atoms with van der Waals surface area (Å²) in [6.45, 7) is 0.100. The monoisotopic (exact) mass is 409 g/mol. The third-order valence-corrected chi connectivity index (χ3v) is 6.94. The van der Waals surface area contributed by atoms with Gasteiger partial charge in [0.25, 0.3) is 0 Å². The van der Waals surface area contributed by atoms with E-state index in [0.29, 0.717) is 35.7 Å². The number of hydrogen-bond acceptors (Lipinski definition) is 6. The summed E-state index contributed by atoms with van der Waals surface area (Å²) in [7, 11) is -0.563. The average molecular weight is 409 g/mol. The molecule has 1 aliphatic rings. The highest BCUT2D eigenvalue weighted by molar-refractivity contribution is 7.90. The quantitative estimate of drug-likeness (QED) is 0.756. The molecule has 0 amide bonds. The minimum Gasteiger partial charge on any atom is -0.497 e. The molecule has 0 radical (unpaired) electrons. The van der Waals surface area contributed by atoms with E-state index in [0.717, 1.165) is 25.2 Å². The van der Waals surface area contributed by atoms with Gasteiger partial charge in [-0.1, -0.05) is 18.9 Å². The Morgan fingerprint density at radius 1 is 1.14 bits per heavy atom. The summed E-state index contributed by atoms with van der Waals surface area (Å²) < 4.78 is 52.4. The first-order valence-corrected chi connectivity index (χ1v) is 10.7. The van der Waals surface area contributed by atoms with Crippen LogP contribution in [0.5, 0.6) is 11.5 Å². The zero-order valence-electron chi connectivity index (χ0n) is 15.9. The van der Waals surface area contributed by atoms with Gasteiger partial charge in [-0.15, -0.1) is 0 Å². The predicted octanol–water partition coefficient (Wildman–Crippen LogP) is 2.78. The van der Waals surface area contributed by atoms with Crippen LogP contribution in [0, 0.1) is 5.82 Å². The van der Waals surface area contributed by atoms with Crippen LogP contribution in [0.4, 0.5) is 4.39 Å². The molecule has 1 aliphatic carbocycles. The lowest BCUT2D eigenvalue weighted by Crippen LogP contribution is -2.40. The van der Waals surface area contributed by atoms with Crippen molar-refractivity contribution in [3.05, 3.63) is 47.8 Å². The average Bonchev–Trinajstić information content (AvgIpc) is 2.72. The first kappa shape index (κ1) is 20.5. The van der Waals surface area contributed by atoms with E-state index in [1.54, 1.807) is 25.3 Å². The van der Waals surface area contributed by atoms with E-state index in [1.165, 1.54) is 7.11 Å². The molecule has 0 bridgehead atoms. The molecule has 1 saturated carbocycles. The number of halogens is 1. The Morgan fingerprint density at radius 2 is 1.86 bits per heavy atom. The van der Waals surface area contributed by atoms with Crippen molar-refractivity contribution in [2.45, 2.75) is 43.4 Å². The highest BCUT2D eigenvalue weighted by atomic mass is 32.2. The molecule has 2 aromatic rings. The summed E-state index contributed by atoms with van der Waals surface area (Å²) >= 11 is 0. The van der Waals surface area contributed by atoms with Crippen LogP contribution in [-0.2, 0) is 16.6 Å². The Balaban J connectivity index is 1.78. The molecule has 2 unspecified atom stereocenters. The lowest BCUT2D eigenvalue weighted by atomic mass is 9.88. The smallest absolute Gasteiger partial charge is 0.215 e. The van der Waals surface area contributed by atoms with Crippen LogP contribution in [0.1, 0.15) is 43.0 Å². The van der Waals surface area contributed by atoms with Crippen molar-refractivity contribution in [3.8, 4) is 11.5 Å². The number of rotatable bonds is 7. The van der Waals surface area contributed by atoms with E-state index in [9.17, 15) is 12.8 Å². The lowest BCUT2D eigenvalue weighted by molar-refractivity contribution is 0.390. The second-order valence-electron chi connectivity index (χ2n) is 6.73. The molecule has 1 fully saturated rings. The van der Waals surface area contributed by atoms with Gasteiger partial charge < -0.3 is 9.47 Å². The fraction of sp³-hybridized carbons (Fsp3) is 0.474. The normalized spacial score (nSPS) is 20.0. The van der Waals surface area contributed by atoms with Gasteiger partial charge in [-0.3, -0.25) is 0 Å². The number of sulfonamides is 1. The summed E-state index contributed by atoms with van der Waals surface area (Å²) in [6.07, 6.45) is 5.04. The van der Waals surface area contributed by atoms with Gasteiger partial charge >= 0.3 is 0 Å². The van der Waals surface area contributed by atoms with Gasteiger partial charge in [0, 0.05) is 24.1 Å². The van der Waals surface area contributed by atoms with Crippen LogP contribution in [0.15, 0.2) is 30.6 Å². The van der Waals surface area contributed by atoms with Crippen LogP contribution < -0.4 is 14.2 Å². The molecule has 152 valence electrons. The predicted molar refractivity (Wildman–Crippen MR) is 102 cm³/mol. The number of hydrogen-bond donors (Lipinski definition) is 1. The van der Waals surface area contributed by atoms with Crippen LogP contribution in [0.2, 0.25) is 0 Å². The fourth-order valence-electron chi connectivity index (χ4n) is 3.56. The molecular weight excluding hydrogens is 385 g/mol. The molecule has 1 heterocycles. The minimum atomic E-state index is -3.64. The molecule has 9 heteroatoms. The molecule has 0 spiro atoms. The highest BCUT2D eigenvalue weighted by Crippen LogP contribution is 2.35. The van der Waals surface area contributed by atoms with Gasteiger partial charge in [-0.05, 0) is 18.9 Å². The molecule has 1 aromatic heterocycles. The van der Waals surface area contributed by atoms with Crippen LogP contribution in [0.25, 0.3) is 0 Å². The number of nitrogens with one attached hydrogen (secondary N) is 1. The second-order valence-corrected chi connectivity index (χ2v) is 8.72. The van der Waals surface area contributed by atoms with Crippen molar-refractivity contribution in [3.63, 3.8) is 0 Å². The molecule has 0 saturated heterocycles. The van der Waals surface area contributed by atoms with Gasteiger partial charge in [0.2, 0.25) is 10.0 Å². The lowest BCUT2D eigenvalue weighted by Gasteiger charge is -2.30. The third kappa shape index (κ3) is 4.59. The number of aromatic nitrogens is 2. The van der Waals surface area contributed by atoms with Gasteiger partial charge in [-0.25, -0.2) is 27.5 Å². The molecule has 1 N–H and O–H groups in total. The Morgan fingerprint density at radius 3 is 2.54 bits per heavy atom. The van der Waals surface area contributed by atoms with E-state index in [2.05, 4.69) is 14.7 Å². The summed E-state index contributed by atoms with van der Waals surface area (Å²) in [5.74, 6) is 0.653. The molecule has 0 aliphatic heterocycles. The largest absolute Gasteiger partial charge is 0.497 e. The maximum absolute atomic E-state index is 13.1. The van der Waals surface area contributed by atoms with Crippen molar-refractivity contribution in [2.75, 3.05) is 14.2 Å². The Kier molecular flexibility index (Phi) is 6.46. The summed E-state index contributed by atoms with van der Waals surface area (Å²) in [5.41, 5.74) is 0.706. The van der Waals surface area contributed by atoms with E-state index in [-0.39, 0.29) is 12.5 Å². The molecule has 28 heavy (non-hydrogen) atoms. The SMILES string of the molecule is COc1ccc(CNS(=O)(=O)C2CCCCC2c2ncc(F)cn2)c(OC)c1. The van der Waals surface area contributed by atoms with Crippen LogP contribution >= 0.6 is 0 Å². The Labute approximate surface area is 164 Å². The molecular formula is C19H24FN3O4S. The summed E-state index contributed by atoms with van der Waals surface area (Å²) in [5, 5.41) is -0.657. The number of methoxy groups -OCH3 is 2. The highest BCUT2D eigenvalue weighted by Gasteiger charge is 2.37.